The van der Waals surface area contributed by atoms with E-state index in [1.54, 1.807) is 0 Å². The Labute approximate surface area is 253 Å². The van der Waals surface area contributed by atoms with Gasteiger partial charge < -0.3 is 19.5 Å². The second-order valence-corrected chi connectivity index (χ2v) is 13.9. The van der Waals surface area contributed by atoms with Crippen molar-refractivity contribution in [2.45, 2.75) is 25.9 Å². The van der Waals surface area contributed by atoms with E-state index in [2.05, 4.69) is 82.0 Å². The number of hydrogen-bond acceptors (Lipinski definition) is 5. The third-order valence-electron chi connectivity index (χ3n) is 8.67. The summed E-state index contributed by atoms with van der Waals surface area (Å²) < 4.78 is 26.4. The maximum Gasteiger partial charge on any atom is 0.407 e. The number of anilines is 1. The van der Waals surface area contributed by atoms with Crippen LogP contribution in [0.1, 0.15) is 16.8 Å². The number of carboxylic acid groups (broad SMARTS) is 1. The quantitative estimate of drug-likeness (QED) is 0.319. The number of rotatable bonds is 7. The summed E-state index contributed by atoms with van der Waals surface area (Å²) in [4.78, 5) is 18.0. The summed E-state index contributed by atoms with van der Waals surface area (Å²) in [7, 11) is -2.97. The molecular formula is C34H38N4O4S. The lowest BCUT2D eigenvalue weighted by Gasteiger charge is -2.40. The fourth-order valence-corrected chi connectivity index (χ4v) is 7.64. The van der Waals surface area contributed by atoms with Gasteiger partial charge in [-0.1, -0.05) is 66.7 Å². The van der Waals surface area contributed by atoms with Crippen LogP contribution < -0.4 is 4.90 Å². The predicted octanol–water partition coefficient (Wildman–Crippen LogP) is 5.09. The maximum atomic E-state index is 12.0. The number of amides is 1. The molecule has 0 bridgehead atoms. The van der Waals surface area contributed by atoms with E-state index in [1.807, 2.05) is 30.3 Å². The number of benzene rings is 3. The van der Waals surface area contributed by atoms with Gasteiger partial charge in [0.1, 0.15) is 0 Å². The van der Waals surface area contributed by atoms with Gasteiger partial charge in [0.05, 0.1) is 17.2 Å². The standard InChI is InChI=1S/C34H38N4O4S/c1-26-21-29(24-36-15-16-37(34(39)40)25-32(36)22-27-9-4-2-5-10-27)33(28-11-6-3-7-12-28)38(26)31-14-8-13-30(23-31)35-17-19-43(41,42)20-18-35/h2-14,21,23,32H,15-20,22,24-25H2,1H3,(H,39,40)/t32-/m1/s1. The van der Waals surface area contributed by atoms with Crippen molar-refractivity contribution in [3.63, 3.8) is 0 Å². The molecule has 2 aliphatic heterocycles. The van der Waals surface area contributed by atoms with Gasteiger partial charge in [-0.3, -0.25) is 4.90 Å². The molecule has 43 heavy (non-hydrogen) atoms. The fourth-order valence-electron chi connectivity index (χ4n) is 6.44. The van der Waals surface area contributed by atoms with Crippen molar-refractivity contribution in [1.82, 2.24) is 14.4 Å². The molecule has 2 aliphatic rings. The van der Waals surface area contributed by atoms with Crippen LogP contribution in [0.5, 0.6) is 0 Å². The number of aromatic nitrogens is 1. The molecule has 0 saturated carbocycles. The highest BCUT2D eigenvalue weighted by molar-refractivity contribution is 7.91. The minimum absolute atomic E-state index is 0.0539. The van der Waals surface area contributed by atoms with Gasteiger partial charge in [0.15, 0.2) is 9.84 Å². The Kier molecular flexibility index (Phi) is 8.27. The summed E-state index contributed by atoms with van der Waals surface area (Å²) in [6.45, 7) is 5.44. The van der Waals surface area contributed by atoms with Gasteiger partial charge in [0, 0.05) is 62.4 Å². The average molecular weight is 599 g/mol. The molecule has 0 unspecified atom stereocenters. The van der Waals surface area contributed by atoms with E-state index >= 15 is 0 Å². The van der Waals surface area contributed by atoms with Crippen LogP contribution in [0.4, 0.5) is 10.5 Å². The van der Waals surface area contributed by atoms with Gasteiger partial charge in [0.2, 0.25) is 0 Å². The summed E-state index contributed by atoms with van der Waals surface area (Å²) in [5.41, 5.74) is 7.79. The van der Waals surface area contributed by atoms with Gasteiger partial charge in [-0.05, 0) is 54.3 Å². The average Bonchev–Trinajstić information content (AvgIpc) is 3.34. The van der Waals surface area contributed by atoms with E-state index in [0.717, 1.165) is 34.7 Å². The third-order valence-corrected chi connectivity index (χ3v) is 10.3. The van der Waals surface area contributed by atoms with Crippen LogP contribution in [0.3, 0.4) is 0 Å². The van der Waals surface area contributed by atoms with Crippen molar-refractivity contribution >= 4 is 21.6 Å². The first kappa shape index (κ1) is 29.0. The number of hydrogen-bond donors (Lipinski definition) is 1. The Morgan fingerprint density at radius 3 is 2.21 bits per heavy atom. The number of sulfone groups is 1. The molecule has 1 N–H and O–H groups in total. The molecule has 1 atom stereocenters. The van der Waals surface area contributed by atoms with Crippen molar-refractivity contribution in [2.75, 3.05) is 49.1 Å². The lowest BCUT2D eigenvalue weighted by Crippen LogP contribution is -2.54. The van der Waals surface area contributed by atoms with Crippen molar-refractivity contribution < 1.29 is 18.3 Å². The van der Waals surface area contributed by atoms with E-state index in [4.69, 9.17) is 0 Å². The minimum Gasteiger partial charge on any atom is -0.465 e. The highest BCUT2D eigenvalue weighted by Crippen LogP contribution is 2.34. The molecule has 0 radical (unpaired) electrons. The zero-order valence-electron chi connectivity index (χ0n) is 24.5. The first-order chi connectivity index (χ1) is 20.8. The second kappa shape index (κ2) is 12.3. The summed E-state index contributed by atoms with van der Waals surface area (Å²) in [5.74, 6) is 0.358. The van der Waals surface area contributed by atoms with Crippen LogP contribution in [0.25, 0.3) is 16.9 Å². The Hall–Kier alpha value is -4.08. The lowest BCUT2D eigenvalue weighted by atomic mass is 10.0. The predicted molar refractivity (Wildman–Crippen MR) is 171 cm³/mol. The van der Waals surface area contributed by atoms with Gasteiger partial charge in [-0.25, -0.2) is 13.2 Å². The minimum atomic E-state index is -2.97. The number of carbonyl (C=O) groups is 1. The number of aryl methyl sites for hydroxylation is 1. The SMILES string of the molecule is Cc1cc(CN2CCN(C(=O)O)C[C@H]2Cc2ccccc2)c(-c2ccccc2)n1-c1cccc(N2CCS(=O)(=O)CC2)c1. The topological polar surface area (TPSA) is 86.1 Å². The number of nitrogens with zero attached hydrogens (tertiary/aromatic N) is 4. The fraction of sp³-hybridized carbons (Fsp3) is 0.324. The van der Waals surface area contributed by atoms with E-state index in [1.165, 1.54) is 16.0 Å². The largest absolute Gasteiger partial charge is 0.465 e. The molecule has 9 heteroatoms. The van der Waals surface area contributed by atoms with Crippen LogP contribution >= 0.6 is 0 Å². The highest BCUT2D eigenvalue weighted by Gasteiger charge is 2.31. The zero-order chi connectivity index (χ0) is 30.0. The second-order valence-electron chi connectivity index (χ2n) is 11.6. The highest BCUT2D eigenvalue weighted by atomic mass is 32.2. The van der Waals surface area contributed by atoms with Crippen LogP contribution in [0, 0.1) is 6.92 Å². The summed E-state index contributed by atoms with van der Waals surface area (Å²) >= 11 is 0. The van der Waals surface area contributed by atoms with Gasteiger partial charge in [-0.15, -0.1) is 0 Å². The Morgan fingerprint density at radius 2 is 1.51 bits per heavy atom. The van der Waals surface area contributed by atoms with Crippen LogP contribution in [0.15, 0.2) is 91.0 Å². The summed E-state index contributed by atoms with van der Waals surface area (Å²) in [5, 5.41) is 9.77. The van der Waals surface area contributed by atoms with Gasteiger partial charge >= 0.3 is 6.09 Å². The van der Waals surface area contributed by atoms with E-state index in [0.29, 0.717) is 39.3 Å². The third kappa shape index (κ3) is 6.48. The van der Waals surface area contributed by atoms with E-state index in [9.17, 15) is 18.3 Å². The van der Waals surface area contributed by atoms with Crippen LogP contribution in [0.2, 0.25) is 0 Å². The molecule has 6 rings (SSSR count). The van der Waals surface area contributed by atoms with E-state index < -0.39 is 15.9 Å². The van der Waals surface area contributed by atoms with Gasteiger partial charge in [0.25, 0.3) is 0 Å². The van der Waals surface area contributed by atoms with Crippen molar-refractivity contribution in [2.24, 2.45) is 0 Å². The first-order valence-corrected chi connectivity index (χ1v) is 16.7. The van der Waals surface area contributed by atoms with Crippen molar-refractivity contribution in [1.29, 1.82) is 0 Å². The molecule has 2 saturated heterocycles. The lowest BCUT2D eigenvalue weighted by molar-refractivity contribution is 0.0643. The first-order valence-electron chi connectivity index (χ1n) is 14.9. The molecule has 4 aromatic rings. The summed E-state index contributed by atoms with van der Waals surface area (Å²) in [6.07, 6.45) is -0.0886. The molecule has 3 aromatic carbocycles. The van der Waals surface area contributed by atoms with Crippen molar-refractivity contribution in [3.05, 3.63) is 108 Å². The monoisotopic (exact) mass is 598 g/mol. The molecule has 1 aromatic heterocycles. The summed E-state index contributed by atoms with van der Waals surface area (Å²) in [6, 6.07) is 31.4. The molecule has 3 heterocycles. The molecule has 2 fully saturated rings. The molecular weight excluding hydrogens is 560 g/mol. The van der Waals surface area contributed by atoms with Crippen LogP contribution in [-0.4, -0.2) is 84.3 Å². The molecule has 0 aliphatic carbocycles. The normalized spacial score (nSPS) is 19.0. The van der Waals surface area contributed by atoms with Gasteiger partial charge in [-0.2, -0.15) is 0 Å². The maximum absolute atomic E-state index is 12.0. The number of piperazine rings is 1. The zero-order valence-corrected chi connectivity index (χ0v) is 25.3. The van der Waals surface area contributed by atoms with E-state index in [-0.39, 0.29) is 17.5 Å². The van der Waals surface area contributed by atoms with Crippen molar-refractivity contribution in [3.8, 4) is 16.9 Å². The Morgan fingerprint density at radius 1 is 0.837 bits per heavy atom. The Balaban J connectivity index is 1.36. The molecule has 0 spiro atoms. The molecule has 1 amide bonds. The van der Waals surface area contributed by atoms with Crippen LogP contribution in [-0.2, 0) is 22.8 Å². The Bertz CT molecular complexity index is 1670. The molecule has 224 valence electrons. The molecule has 8 nitrogen and oxygen atoms in total. The smallest absolute Gasteiger partial charge is 0.407 e.